The molecule has 10 nitrogen and oxygen atoms in total. The summed E-state index contributed by atoms with van der Waals surface area (Å²) in [5.74, 6) is 0.510. The highest BCUT2D eigenvalue weighted by molar-refractivity contribution is 6.05. The fraction of sp³-hybridized carbons (Fsp3) is 0.286. The van der Waals surface area contributed by atoms with E-state index in [1.54, 1.807) is 16.9 Å². The molecule has 0 aromatic carbocycles. The van der Waals surface area contributed by atoms with Crippen molar-refractivity contribution in [2.45, 2.75) is 19.4 Å². The van der Waals surface area contributed by atoms with Crippen molar-refractivity contribution < 1.29 is 14.3 Å². The average molecular weight is 419 g/mol. The SMILES string of the molecule is Cc1cc(-c2nc(C(=O)Nc3cc4cn(C)nc4nc3N3CC[C@H](O)C3)co2)ccn1. The van der Waals surface area contributed by atoms with Gasteiger partial charge in [0, 0.05) is 49.2 Å². The van der Waals surface area contributed by atoms with Gasteiger partial charge in [-0.2, -0.15) is 5.10 Å². The van der Waals surface area contributed by atoms with Gasteiger partial charge in [0.05, 0.1) is 11.8 Å². The molecule has 0 radical (unpaired) electrons. The van der Waals surface area contributed by atoms with Crippen molar-refractivity contribution in [3.63, 3.8) is 0 Å². The first kappa shape index (κ1) is 19.2. The molecule has 1 saturated heterocycles. The second-order valence-corrected chi connectivity index (χ2v) is 7.64. The first-order chi connectivity index (χ1) is 15.0. The number of pyridine rings is 2. The van der Waals surface area contributed by atoms with Crippen LogP contribution in [0.1, 0.15) is 22.6 Å². The van der Waals surface area contributed by atoms with Gasteiger partial charge < -0.3 is 19.7 Å². The zero-order valence-corrected chi connectivity index (χ0v) is 17.1. The van der Waals surface area contributed by atoms with Crippen molar-refractivity contribution in [2.75, 3.05) is 23.3 Å². The van der Waals surface area contributed by atoms with Gasteiger partial charge in [0.25, 0.3) is 5.91 Å². The van der Waals surface area contributed by atoms with Crippen LogP contribution >= 0.6 is 0 Å². The Morgan fingerprint density at radius 2 is 2.19 bits per heavy atom. The lowest BCUT2D eigenvalue weighted by Gasteiger charge is -2.20. The molecule has 4 aromatic rings. The van der Waals surface area contributed by atoms with Crippen molar-refractivity contribution >= 4 is 28.4 Å². The molecule has 0 unspecified atom stereocenters. The number of hydrogen-bond donors (Lipinski definition) is 2. The van der Waals surface area contributed by atoms with E-state index in [2.05, 4.69) is 25.4 Å². The van der Waals surface area contributed by atoms with Gasteiger partial charge in [-0.25, -0.2) is 9.97 Å². The Hall–Kier alpha value is -3.79. The van der Waals surface area contributed by atoms with Gasteiger partial charge in [-0.3, -0.25) is 14.5 Å². The van der Waals surface area contributed by atoms with E-state index < -0.39 is 12.0 Å². The van der Waals surface area contributed by atoms with Crippen molar-refractivity contribution in [2.24, 2.45) is 7.05 Å². The molecule has 4 aromatic heterocycles. The fourth-order valence-electron chi connectivity index (χ4n) is 3.71. The molecule has 1 atom stereocenters. The van der Waals surface area contributed by atoms with E-state index >= 15 is 0 Å². The Bertz CT molecular complexity index is 1280. The van der Waals surface area contributed by atoms with Crippen LogP contribution in [0.3, 0.4) is 0 Å². The lowest BCUT2D eigenvalue weighted by molar-refractivity contribution is 0.102. The number of anilines is 2. The van der Waals surface area contributed by atoms with Crippen molar-refractivity contribution in [1.29, 1.82) is 0 Å². The molecule has 1 aliphatic heterocycles. The van der Waals surface area contributed by atoms with Gasteiger partial charge in [-0.05, 0) is 31.5 Å². The fourth-order valence-corrected chi connectivity index (χ4v) is 3.71. The Kier molecular flexibility index (Phi) is 4.63. The van der Waals surface area contributed by atoms with Gasteiger partial charge in [0.1, 0.15) is 6.26 Å². The minimum Gasteiger partial charge on any atom is -0.444 e. The van der Waals surface area contributed by atoms with Crippen LogP contribution in [0.25, 0.3) is 22.5 Å². The number of aryl methyl sites for hydroxylation is 2. The van der Waals surface area contributed by atoms with Crippen LogP contribution in [0, 0.1) is 6.92 Å². The normalized spacial score (nSPS) is 16.2. The molecule has 31 heavy (non-hydrogen) atoms. The van der Waals surface area contributed by atoms with E-state index in [4.69, 9.17) is 4.42 Å². The molecule has 1 fully saturated rings. The summed E-state index contributed by atoms with van der Waals surface area (Å²) < 4.78 is 7.18. The summed E-state index contributed by atoms with van der Waals surface area (Å²) in [7, 11) is 1.82. The molecule has 1 amide bonds. The monoisotopic (exact) mass is 419 g/mol. The zero-order chi connectivity index (χ0) is 21.5. The maximum absolute atomic E-state index is 12.9. The number of aliphatic hydroxyl groups excluding tert-OH is 1. The van der Waals surface area contributed by atoms with E-state index in [0.29, 0.717) is 42.6 Å². The summed E-state index contributed by atoms with van der Waals surface area (Å²) in [5.41, 5.74) is 2.84. The van der Waals surface area contributed by atoms with Crippen LogP contribution in [0.2, 0.25) is 0 Å². The molecule has 0 aliphatic carbocycles. The Morgan fingerprint density at radius 1 is 1.32 bits per heavy atom. The lowest BCUT2D eigenvalue weighted by atomic mass is 10.2. The second-order valence-electron chi connectivity index (χ2n) is 7.64. The smallest absolute Gasteiger partial charge is 0.277 e. The van der Waals surface area contributed by atoms with Crippen LogP contribution in [-0.4, -0.2) is 54.9 Å². The molecule has 10 heteroatoms. The molecule has 1 aliphatic rings. The predicted octanol–water partition coefficient (Wildman–Crippen LogP) is 2.15. The molecule has 5 heterocycles. The maximum Gasteiger partial charge on any atom is 0.277 e. The third-order valence-electron chi connectivity index (χ3n) is 5.18. The van der Waals surface area contributed by atoms with Crippen molar-refractivity contribution in [3.8, 4) is 11.5 Å². The molecule has 0 bridgehead atoms. The molecule has 0 saturated carbocycles. The van der Waals surface area contributed by atoms with Crippen LogP contribution in [0.5, 0.6) is 0 Å². The topological polar surface area (TPSA) is 122 Å². The Labute approximate surface area is 177 Å². The summed E-state index contributed by atoms with van der Waals surface area (Å²) in [4.78, 5) is 28.0. The average Bonchev–Trinajstić information content (AvgIpc) is 3.46. The number of rotatable bonds is 4. The number of nitrogens with zero attached hydrogens (tertiary/aromatic N) is 6. The first-order valence-corrected chi connectivity index (χ1v) is 9.93. The number of oxazole rings is 1. The molecular formula is C21H21N7O3. The van der Waals surface area contributed by atoms with Gasteiger partial charge in [0.2, 0.25) is 5.89 Å². The molecule has 158 valence electrons. The highest BCUT2D eigenvalue weighted by Gasteiger charge is 2.26. The number of aromatic nitrogens is 5. The van der Waals surface area contributed by atoms with Crippen LogP contribution < -0.4 is 10.2 Å². The van der Waals surface area contributed by atoms with E-state index in [1.165, 1.54) is 6.26 Å². The molecule has 5 rings (SSSR count). The number of hydrogen-bond acceptors (Lipinski definition) is 8. The molecular weight excluding hydrogens is 398 g/mol. The van der Waals surface area contributed by atoms with E-state index in [-0.39, 0.29) is 5.69 Å². The van der Waals surface area contributed by atoms with Crippen LogP contribution in [0.4, 0.5) is 11.5 Å². The highest BCUT2D eigenvalue weighted by Crippen LogP contribution is 2.31. The van der Waals surface area contributed by atoms with Gasteiger partial charge >= 0.3 is 0 Å². The first-order valence-electron chi connectivity index (χ1n) is 9.93. The van der Waals surface area contributed by atoms with Gasteiger partial charge in [-0.15, -0.1) is 0 Å². The van der Waals surface area contributed by atoms with Crippen LogP contribution in [0.15, 0.2) is 41.3 Å². The summed E-state index contributed by atoms with van der Waals surface area (Å²) in [6.07, 6.45) is 5.05. The summed E-state index contributed by atoms with van der Waals surface area (Å²) in [5, 5.41) is 18.0. The third kappa shape index (κ3) is 3.73. The number of carbonyl (C=O) groups excluding carboxylic acids is 1. The molecule has 2 N–H and O–H groups in total. The Balaban J connectivity index is 1.46. The van der Waals surface area contributed by atoms with Crippen molar-refractivity contribution in [3.05, 3.63) is 48.2 Å². The largest absolute Gasteiger partial charge is 0.444 e. The van der Waals surface area contributed by atoms with E-state index in [9.17, 15) is 9.90 Å². The van der Waals surface area contributed by atoms with E-state index in [0.717, 1.165) is 16.6 Å². The number of aliphatic hydroxyl groups is 1. The summed E-state index contributed by atoms with van der Waals surface area (Å²) >= 11 is 0. The quantitative estimate of drug-likeness (QED) is 0.516. The van der Waals surface area contributed by atoms with Gasteiger partial charge in [0.15, 0.2) is 17.2 Å². The Morgan fingerprint density at radius 3 is 2.97 bits per heavy atom. The summed E-state index contributed by atoms with van der Waals surface area (Å²) in [6.45, 7) is 2.97. The minimum absolute atomic E-state index is 0.156. The standard InChI is InChI=1S/C21H21N7O3/c1-12-7-13(3-5-22-12)21-24-17(11-31-21)20(30)23-16-8-14-9-27(2)26-18(14)25-19(16)28-6-4-15(29)10-28/h3,5,7-9,11,15,29H,4,6,10H2,1-2H3,(H,23,30)/t15-/m0/s1. The number of nitrogens with one attached hydrogen (secondary N) is 1. The number of carbonyl (C=O) groups is 1. The van der Waals surface area contributed by atoms with Crippen molar-refractivity contribution in [1.82, 2.24) is 24.7 Å². The molecule has 0 spiro atoms. The number of fused-ring (bicyclic) bond motifs is 1. The van der Waals surface area contributed by atoms with Crippen LogP contribution in [-0.2, 0) is 7.05 Å². The minimum atomic E-state index is -0.424. The lowest BCUT2D eigenvalue weighted by Crippen LogP contribution is -2.24. The highest BCUT2D eigenvalue weighted by atomic mass is 16.3. The number of β-amino-alcohol motifs (C(OH)–C–C–N with tert-alkyl or cyclic N) is 1. The summed E-state index contributed by atoms with van der Waals surface area (Å²) in [6, 6.07) is 5.45. The maximum atomic E-state index is 12.9. The third-order valence-corrected chi connectivity index (χ3v) is 5.18. The second kappa shape index (κ2) is 7.47. The number of amides is 1. The van der Waals surface area contributed by atoms with E-state index in [1.807, 2.05) is 37.2 Å². The zero-order valence-electron chi connectivity index (χ0n) is 17.1. The van der Waals surface area contributed by atoms with Gasteiger partial charge in [-0.1, -0.05) is 0 Å². The predicted molar refractivity (Wildman–Crippen MR) is 114 cm³/mol.